The van der Waals surface area contributed by atoms with E-state index in [0.717, 1.165) is 11.3 Å². The molecule has 1 saturated carbocycles. The highest BCUT2D eigenvalue weighted by Gasteiger charge is 2.33. The SMILES string of the molecule is COc1ccc(/C=C2\N=C(SCC(=O)NCC3CCCCC3)N(c3ccc(Cl)c(OC)c3)C2=O)cc1. The first-order valence-electron chi connectivity index (χ1n) is 12.0. The predicted molar refractivity (Wildman–Crippen MR) is 146 cm³/mol. The molecule has 0 spiro atoms. The molecule has 0 unspecified atom stereocenters. The van der Waals surface area contributed by atoms with Crippen LogP contribution in [0.3, 0.4) is 0 Å². The number of hydrogen-bond donors (Lipinski definition) is 1. The highest BCUT2D eigenvalue weighted by atomic mass is 35.5. The maximum absolute atomic E-state index is 13.4. The molecule has 1 aliphatic heterocycles. The van der Waals surface area contributed by atoms with Gasteiger partial charge in [0, 0.05) is 12.6 Å². The summed E-state index contributed by atoms with van der Waals surface area (Å²) in [5, 5.41) is 3.92. The van der Waals surface area contributed by atoms with E-state index in [0.29, 0.717) is 34.1 Å². The number of carbonyl (C=O) groups excluding carboxylic acids is 2. The fourth-order valence-electron chi connectivity index (χ4n) is 4.30. The van der Waals surface area contributed by atoms with Gasteiger partial charge in [0.1, 0.15) is 17.2 Å². The van der Waals surface area contributed by atoms with E-state index in [1.54, 1.807) is 31.4 Å². The lowest BCUT2D eigenvalue weighted by Crippen LogP contribution is -2.34. The minimum Gasteiger partial charge on any atom is -0.497 e. The first kappa shape index (κ1) is 26.1. The molecule has 1 N–H and O–H groups in total. The van der Waals surface area contributed by atoms with Crippen molar-refractivity contribution >= 4 is 52.1 Å². The molecule has 0 saturated heterocycles. The fraction of sp³-hybridized carbons (Fsp3) is 0.370. The van der Waals surface area contributed by atoms with Gasteiger partial charge >= 0.3 is 0 Å². The van der Waals surface area contributed by atoms with Crippen LogP contribution >= 0.6 is 23.4 Å². The molecule has 4 rings (SSSR count). The molecule has 0 aromatic heterocycles. The summed E-state index contributed by atoms with van der Waals surface area (Å²) in [6.45, 7) is 0.700. The number of anilines is 1. The molecule has 0 atom stereocenters. The Hall–Kier alpha value is -2.97. The highest BCUT2D eigenvalue weighted by molar-refractivity contribution is 8.14. The number of methoxy groups -OCH3 is 2. The fourth-order valence-corrected chi connectivity index (χ4v) is 5.33. The minimum atomic E-state index is -0.291. The lowest BCUT2D eigenvalue weighted by atomic mass is 9.89. The largest absolute Gasteiger partial charge is 0.497 e. The van der Waals surface area contributed by atoms with Crippen molar-refractivity contribution in [2.75, 3.05) is 31.4 Å². The van der Waals surface area contributed by atoms with E-state index >= 15 is 0 Å². The molecule has 7 nitrogen and oxygen atoms in total. The Morgan fingerprint density at radius 1 is 1.14 bits per heavy atom. The Morgan fingerprint density at radius 3 is 2.58 bits per heavy atom. The number of amidine groups is 1. The lowest BCUT2D eigenvalue weighted by molar-refractivity contribution is -0.118. The van der Waals surface area contributed by atoms with Crippen molar-refractivity contribution in [1.29, 1.82) is 0 Å². The zero-order valence-corrected chi connectivity index (χ0v) is 22.0. The Morgan fingerprint density at radius 2 is 1.89 bits per heavy atom. The van der Waals surface area contributed by atoms with Gasteiger partial charge in [0.2, 0.25) is 5.91 Å². The molecule has 1 heterocycles. The Labute approximate surface area is 220 Å². The van der Waals surface area contributed by atoms with Gasteiger partial charge in [-0.2, -0.15) is 0 Å². The molecule has 1 aliphatic carbocycles. The number of amides is 2. The number of benzene rings is 2. The van der Waals surface area contributed by atoms with Crippen LogP contribution in [0.15, 0.2) is 53.2 Å². The van der Waals surface area contributed by atoms with Crippen LogP contribution in [0.5, 0.6) is 11.5 Å². The van der Waals surface area contributed by atoms with Crippen molar-refractivity contribution in [2.45, 2.75) is 32.1 Å². The number of halogens is 1. The Kier molecular flexibility index (Phi) is 8.93. The minimum absolute atomic E-state index is 0.0676. The van der Waals surface area contributed by atoms with E-state index in [1.165, 1.54) is 55.9 Å². The second-order valence-corrected chi connectivity index (χ2v) is 10.1. The number of nitrogens with zero attached hydrogens (tertiary/aromatic N) is 2. The maximum Gasteiger partial charge on any atom is 0.283 e. The van der Waals surface area contributed by atoms with Gasteiger partial charge < -0.3 is 14.8 Å². The van der Waals surface area contributed by atoms with E-state index < -0.39 is 0 Å². The van der Waals surface area contributed by atoms with Crippen LogP contribution in [-0.4, -0.2) is 43.5 Å². The summed E-state index contributed by atoms with van der Waals surface area (Å²) in [4.78, 5) is 32.1. The number of carbonyl (C=O) groups is 2. The molecule has 2 amide bonds. The monoisotopic (exact) mass is 527 g/mol. The molecule has 36 heavy (non-hydrogen) atoms. The highest BCUT2D eigenvalue weighted by Crippen LogP contribution is 2.34. The summed E-state index contributed by atoms with van der Waals surface area (Å²) in [5.41, 5.74) is 1.65. The van der Waals surface area contributed by atoms with E-state index in [-0.39, 0.29) is 23.3 Å². The number of hydrogen-bond acceptors (Lipinski definition) is 6. The molecular weight excluding hydrogens is 498 g/mol. The standard InChI is InChI=1S/C27H30ClN3O4S/c1-34-21-11-8-18(9-12-21)14-23-26(33)31(20-10-13-22(28)24(15-20)35-2)27(30-23)36-17-25(32)29-16-19-6-4-3-5-7-19/h8-15,19H,3-7,16-17H2,1-2H3,(H,29,32)/b23-14-. The van der Waals surface area contributed by atoms with Gasteiger partial charge in [-0.05, 0) is 54.7 Å². The van der Waals surface area contributed by atoms with Crippen molar-refractivity contribution in [3.8, 4) is 11.5 Å². The van der Waals surface area contributed by atoms with Crippen LogP contribution in [0.1, 0.15) is 37.7 Å². The Bertz CT molecular complexity index is 1160. The van der Waals surface area contributed by atoms with Crippen LogP contribution in [0.2, 0.25) is 5.02 Å². The second-order valence-electron chi connectivity index (χ2n) is 8.75. The van der Waals surface area contributed by atoms with Crippen LogP contribution in [0.25, 0.3) is 6.08 Å². The van der Waals surface area contributed by atoms with E-state index in [9.17, 15) is 9.59 Å². The number of nitrogens with one attached hydrogen (secondary N) is 1. The maximum atomic E-state index is 13.4. The molecule has 2 aromatic carbocycles. The van der Waals surface area contributed by atoms with Crippen LogP contribution in [0.4, 0.5) is 5.69 Å². The number of thioether (sulfide) groups is 1. The third-order valence-electron chi connectivity index (χ3n) is 6.29. The average Bonchev–Trinajstić information content (AvgIpc) is 3.22. The van der Waals surface area contributed by atoms with Crippen molar-refractivity contribution in [3.63, 3.8) is 0 Å². The number of aliphatic imine (C=N–C) groups is 1. The smallest absolute Gasteiger partial charge is 0.283 e. The summed E-state index contributed by atoms with van der Waals surface area (Å²) >= 11 is 7.43. The van der Waals surface area contributed by atoms with Gasteiger partial charge in [-0.15, -0.1) is 0 Å². The summed E-state index contributed by atoms with van der Waals surface area (Å²) in [6.07, 6.45) is 7.80. The third kappa shape index (κ3) is 6.42. The van der Waals surface area contributed by atoms with Crippen LogP contribution < -0.4 is 19.7 Å². The molecule has 0 bridgehead atoms. The topological polar surface area (TPSA) is 80.2 Å². The van der Waals surface area contributed by atoms with Crippen molar-refractivity contribution < 1.29 is 19.1 Å². The lowest BCUT2D eigenvalue weighted by Gasteiger charge is -2.22. The zero-order chi connectivity index (χ0) is 25.5. The van der Waals surface area contributed by atoms with E-state index in [1.807, 2.05) is 24.3 Å². The van der Waals surface area contributed by atoms with Crippen LogP contribution in [0, 0.1) is 5.92 Å². The molecule has 1 fully saturated rings. The summed E-state index contributed by atoms with van der Waals surface area (Å²) in [5.74, 6) is 1.53. The number of rotatable bonds is 8. The average molecular weight is 528 g/mol. The van der Waals surface area contributed by atoms with Gasteiger partial charge in [-0.25, -0.2) is 4.99 Å². The first-order valence-corrected chi connectivity index (χ1v) is 13.4. The van der Waals surface area contributed by atoms with Gasteiger partial charge in [0.15, 0.2) is 5.17 Å². The molecule has 190 valence electrons. The predicted octanol–water partition coefficient (Wildman–Crippen LogP) is 5.53. The Balaban J connectivity index is 1.53. The van der Waals surface area contributed by atoms with Crippen molar-refractivity contribution in [1.82, 2.24) is 5.32 Å². The van der Waals surface area contributed by atoms with Crippen molar-refractivity contribution in [3.05, 3.63) is 58.7 Å². The molecule has 2 aliphatic rings. The quantitative estimate of drug-likeness (QED) is 0.456. The molecular formula is C27H30ClN3O4S. The number of ether oxygens (including phenoxy) is 2. The van der Waals surface area contributed by atoms with Gasteiger partial charge in [0.25, 0.3) is 5.91 Å². The zero-order valence-electron chi connectivity index (χ0n) is 20.5. The third-order valence-corrected chi connectivity index (χ3v) is 7.54. The van der Waals surface area contributed by atoms with Gasteiger partial charge in [0.05, 0.1) is 30.7 Å². The summed E-state index contributed by atoms with van der Waals surface area (Å²) in [6, 6.07) is 12.5. The molecule has 0 radical (unpaired) electrons. The molecule has 9 heteroatoms. The second kappa shape index (κ2) is 12.3. The molecule has 2 aromatic rings. The van der Waals surface area contributed by atoms with Crippen LogP contribution in [-0.2, 0) is 9.59 Å². The van der Waals surface area contributed by atoms with Gasteiger partial charge in [-0.3, -0.25) is 14.5 Å². The van der Waals surface area contributed by atoms with Gasteiger partial charge in [-0.1, -0.05) is 54.8 Å². The normalized spacial score (nSPS) is 17.3. The van der Waals surface area contributed by atoms with E-state index in [2.05, 4.69) is 10.3 Å². The van der Waals surface area contributed by atoms with E-state index in [4.69, 9.17) is 21.1 Å². The first-order chi connectivity index (χ1) is 17.5. The van der Waals surface area contributed by atoms with Crippen molar-refractivity contribution in [2.24, 2.45) is 10.9 Å². The summed E-state index contributed by atoms with van der Waals surface area (Å²) in [7, 11) is 3.12. The summed E-state index contributed by atoms with van der Waals surface area (Å²) < 4.78 is 10.5.